The lowest BCUT2D eigenvalue weighted by molar-refractivity contribution is 0.414. The molecule has 0 radical (unpaired) electrons. The Morgan fingerprint density at radius 3 is 2.71 bits per heavy atom. The van der Waals surface area contributed by atoms with E-state index in [1.54, 1.807) is 17.9 Å². The molecule has 0 saturated heterocycles. The van der Waals surface area contributed by atoms with Crippen LogP contribution >= 0.6 is 15.9 Å². The smallest absolute Gasteiger partial charge is 0.269 e. The number of halogens is 1. The minimum atomic E-state index is -0.121. The fourth-order valence-electron chi connectivity index (χ4n) is 1.47. The Hall–Kier alpha value is -1.62. The van der Waals surface area contributed by atoms with Crippen LogP contribution in [0.5, 0.6) is 5.75 Å². The average molecular weight is 295 g/mol. The standard InChI is InChI=1S/C12H11BrN2O2/c1-17-10-4-2-9(3-5-10)7-15-8-11(13)14-6-12(15)16/h2-6,8H,7H2,1H3. The van der Waals surface area contributed by atoms with Crippen LogP contribution in [0.3, 0.4) is 0 Å². The molecule has 0 saturated carbocycles. The van der Waals surface area contributed by atoms with Crippen molar-refractivity contribution in [3.05, 3.63) is 57.2 Å². The molecule has 1 aromatic heterocycles. The van der Waals surface area contributed by atoms with Crippen molar-refractivity contribution in [3.63, 3.8) is 0 Å². The van der Waals surface area contributed by atoms with Gasteiger partial charge in [0.25, 0.3) is 5.56 Å². The number of nitrogens with zero attached hydrogens (tertiary/aromatic N) is 2. The molecule has 0 N–H and O–H groups in total. The van der Waals surface area contributed by atoms with Crippen LogP contribution in [0.15, 0.2) is 46.1 Å². The van der Waals surface area contributed by atoms with E-state index in [4.69, 9.17) is 4.74 Å². The second-order valence-corrected chi connectivity index (χ2v) is 4.34. The molecule has 2 aromatic rings. The predicted molar refractivity (Wildman–Crippen MR) is 68.3 cm³/mol. The maximum absolute atomic E-state index is 11.6. The highest BCUT2D eigenvalue weighted by Crippen LogP contribution is 2.12. The zero-order valence-electron chi connectivity index (χ0n) is 9.26. The monoisotopic (exact) mass is 294 g/mol. The Kier molecular flexibility index (Phi) is 3.58. The van der Waals surface area contributed by atoms with Crippen molar-refractivity contribution < 1.29 is 4.74 Å². The number of benzene rings is 1. The first-order chi connectivity index (χ1) is 8.19. The minimum absolute atomic E-state index is 0.121. The van der Waals surface area contributed by atoms with Crippen LogP contribution in [0.4, 0.5) is 0 Å². The summed E-state index contributed by atoms with van der Waals surface area (Å²) in [4.78, 5) is 15.4. The van der Waals surface area contributed by atoms with Crippen molar-refractivity contribution in [2.24, 2.45) is 0 Å². The lowest BCUT2D eigenvalue weighted by Gasteiger charge is -2.06. The first-order valence-corrected chi connectivity index (χ1v) is 5.83. The fraction of sp³-hybridized carbons (Fsp3) is 0.167. The number of aromatic nitrogens is 2. The first-order valence-electron chi connectivity index (χ1n) is 5.04. The summed E-state index contributed by atoms with van der Waals surface area (Å²) < 4.78 is 7.32. The molecule has 0 unspecified atom stereocenters. The molecule has 0 amide bonds. The van der Waals surface area contributed by atoms with Gasteiger partial charge in [0, 0.05) is 6.20 Å². The lowest BCUT2D eigenvalue weighted by atomic mass is 10.2. The molecule has 0 bridgehead atoms. The van der Waals surface area contributed by atoms with E-state index in [1.807, 2.05) is 24.3 Å². The van der Waals surface area contributed by atoms with Gasteiger partial charge in [-0.3, -0.25) is 4.79 Å². The number of rotatable bonds is 3. The van der Waals surface area contributed by atoms with Crippen LogP contribution in [-0.2, 0) is 6.54 Å². The van der Waals surface area contributed by atoms with Gasteiger partial charge in [0.15, 0.2) is 0 Å². The third-order valence-corrected chi connectivity index (χ3v) is 2.77. The molecular weight excluding hydrogens is 284 g/mol. The van der Waals surface area contributed by atoms with E-state index in [0.29, 0.717) is 11.1 Å². The molecule has 4 nitrogen and oxygen atoms in total. The molecule has 17 heavy (non-hydrogen) atoms. The van der Waals surface area contributed by atoms with Crippen LogP contribution in [0.2, 0.25) is 0 Å². The predicted octanol–water partition coefficient (Wildman–Crippen LogP) is 2.06. The van der Waals surface area contributed by atoms with Crippen molar-refractivity contribution in [1.29, 1.82) is 0 Å². The van der Waals surface area contributed by atoms with Gasteiger partial charge in [-0.2, -0.15) is 0 Å². The highest BCUT2D eigenvalue weighted by Gasteiger charge is 2.00. The normalized spacial score (nSPS) is 10.2. The van der Waals surface area contributed by atoms with E-state index >= 15 is 0 Å². The second-order valence-electron chi connectivity index (χ2n) is 3.52. The van der Waals surface area contributed by atoms with Crippen molar-refractivity contribution in [1.82, 2.24) is 9.55 Å². The highest BCUT2D eigenvalue weighted by atomic mass is 79.9. The molecule has 1 heterocycles. The molecule has 0 spiro atoms. The number of hydrogen-bond donors (Lipinski definition) is 0. The molecule has 0 aliphatic carbocycles. The van der Waals surface area contributed by atoms with Crippen molar-refractivity contribution in [3.8, 4) is 5.75 Å². The summed E-state index contributed by atoms with van der Waals surface area (Å²) in [6.07, 6.45) is 2.97. The van der Waals surface area contributed by atoms with Crippen LogP contribution in [0.25, 0.3) is 0 Å². The zero-order valence-corrected chi connectivity index (χ0v) is 10.8. The van der Waals surface area contributed by atoms with Gasteiger partial charge in [-0.1, -0.05) is 12.1 Å². The van der Waals surface area contributed by atoms with E-state index in [2.05, 4.69) is 20.9 Å². The average Bonchev–Trinajstić information content (AvgIpc) is 2.35. The summed E-state index contributed by atoms with van der Waals surface area (Å²) in [6, 6.07) is 7.60. The minimum Gasteiger partial charge on any atom is -0.497 e. The van der Waals surface area contributed by atoms with Crippen molar-refractivity contribution >= 4 is 15.9 Å². The molecule has 2 rings (SSSR count). The van der Waals surface area contributed by atoms with Crippen molar-refractivity contribution in [2.75, 3.05) is 7.11 Å². The highest BCUT2D eigenvalue weighted by molar-refractivity contribution is 9.10. The molecule has 0 aliphatic rings. The quantitative estimate of drug-likeness (QED) is 0.870. The van der Waals surface area contributed by atoms with Gasteiger partial charge in [0.05, 0.1) is 19.9 Å². The van der Waals surface area contributed by atoms with Crippen LogP contribution in [0, 0.1) is 0 Å². The molecule has 0 fully saturated rings. The van der Waals surface area contributed by atoms with E-state index in [0.717, 1.165) is 11.3 Å². The fourth-order valence-corrected chi connectivity index (χ4v) is 1.82. The zero-order chi connectivity index (χ0) is 12.3. The molecule has 88 valence electrons. The van der Waals surface area contributed by atoms with Gasteiger partial charge in [-0.25, -0.2) is 4.98 Å². The second kappa shape index (κ2) is 5.14. The van der Waals surface area contributed by atoms with Gasteiger partial charge >= 0.3 is 0 Å². The Morgan fingerprint density at radius 1 is 1.35 bits per heavy atom. The third-order valence-electron chi connectivity index (χ3n) is 2.36. The molecule has 0 aliphatic heterocycles. The molecule has 0 atom stereocenters. The van der Waals surface area contributed by atoms with Crippen LogP contribution < -0.4 is 10.3 Å². The van der Waals surface area contributed by atoms with Gasteiger partial charge in [0.1, 0.15) is 10.4 Å². The summed E-state index contributed by atoms with van der Waals surface area (Å²) in [6.45, 7) is 0.518. The van der Waals surface area contributed by atoms with Gasteiger partial charge in [-0.15, -0.1) is 0 Å². The van der Waals surface area contributed by atoms with Gasteiger partial charge in [0.2, 0.25) is 0 Å². The van der Waals surface area contributed by atoms with Crippen LogP contribution in [-0.4, -0.2) is 16.7 Å². The summed E-state index contributed by atoms with van der Waals surface area (Å²) in [5.74, 6) is 0.803. The van der Waals surface area contributed by atoms with Gasteiger partial charge < -0.3 is 9.30 Å². The van der Waals surface area contributed by atoms with Crippen LogP contribution in [0.1, 0.15) is 5.56 Å². The number of hydrogen-bond acceptors (Lipinski definition) is 3. The summed E-state index contributed by atoms with van der Waals surface area (Å²) in [5.41, 5.74) is 0.912. The Bertz CT molecular complexity index is 563. The Labute approximate surface area is 107 Å². The summed E-state index contributed by atoms with van der Waals surface area (Å²) >= 11 is 3.24. The SMILES string of the molecule is COc1ccc(Cn2cc(Br)ncc2=O)cc1. The largest absolute Gasteiger partial charge is 0.497 e. The van der Waals surface area contributed by atoms with E-state index in [9.17, 15) is 4.79 Å². The van der Waals surface area contributed by atoms with Crippen molar-refractivity contribution in [2.45, 2.75) is 6.54 Å². The Morgan fingerprint density at radius 2 is 2.06 bits per heavy atom. The van der Waals surface area contributed by atoms with E-state index in [1.165, 1.54) is 6.20 Å². The summed E-state index contributed by atoms with van der Waals surface area (Å²) in [7, 11) is 1.62. The molecule has 1 aromatic carbocycles. The topological polar surface area (TPSA) is 44.1 Å². The van der Waals surface area contributed by atoms with Gasteiger partial charge in [-0.05, 0) is 33.6 Å². The van der Waals surface area contributed by atoms with E-state index < -0.39 is 0 Å². The maximum atomic E-state index is 11.6. The summed E-state index contributed by atoms with van der Waals surface area (Å²) in [5, 5.41) is 0. The number of ether oxygens (including phenoxy) is 1. The first kappa shape index (κ1) is 11.9. The molecular formula is C12H11BrN2O2. The number of methoxy groups -OCH3 is 1. The van der Waals surface area contributed by atoms with E-state index in [-0.39, 0.29) is 5.56 Å². The lowest BCUT2D eigenvalue weighted by Crippen LogP contribution is -2.19. The Balaban J connectivity index is 2.25. The molecule has 5 heteroatoms. The third kappa shape index (κ3) is 2.94. The maximum Gasteiger partial charge on any atom is 0.269 e.